The molecule has 8 aromatic carbocycles. The predicted octanol–water partition coefficient (Wildman–Crippen LogP) is 12.0. The maximum atomic E-state index is 6.39. The molecule has 2 heteroatoms. The van der Waals surface area contributed by atoms with Gasteiger partial charge >= 0.3 is 0 Å². The number of fused-ring (bicyclic) bond motifs is 5. The molecule has 2 nitrogen and oxygen atoms in total. The SMILES string of the molecule is c1ccc2c(c1)Oc1cccc3c(-c4cccc5c(-c6ccc7c8c(cccc68)Oc6ccccc6-7)cccc45)ccc-2c13. The Labute approximate surface area is 254 Å². The molecule has 0 bridgehead atoms. The van der Waals surface area contributed by atoms with Crippen LogP contribution in [0.3, 0.4) is 0 Å². The molecule has 10 rings (SSSR count). The monoisotopic (exact) mass is 560 g/mol. The average Bonchev–Trinajstić information content (AvgIpc) is 3.08. The van der Waals surface area contributed by atoms with Gasteiger partial charge in [-0.25, -0.2) is 0 Å². The van der Waals surface area contributed by atoms with Crippen molar-refractivity contribution in [2.45, 2.75) is 0 Å². The largest absolute Gasteiger partial charge is 0.456 e. The molecule has 2 aliphatic heterocycles. The van der Waals surface area contributed by atoms with E-state index in [9.17, 15) is 0 Å². The lowest BCUT2D eigenvalue weighted by atomic mass is 9.86. The lowest BCUT2D eigenvalue weighted by molar-refractivity contribution is 0.487. The van der Waals surface area contributed by atoms with Crippen LogP contribution in [0.25, 0.3) is 76.8 Å². The number of benzene rings is 8. The van der Waals surface area contributed by atoms with Gasteiger partial charge in [0.1, 0.15) is 23.0 Å². The van der Waals surface area contributed by atoms with E-state index in [4.69, 9.17) is 9.47 Å². The van der Waals surface area contributed by atoms with E-state index in [0.29, 0.717) is 0 Å². The minimum absolute atomic E-state index is 0.907. The first kappa shape index (κ1) is 23.7. The van der Waals surface area contributed by atoms with Gasteiger partial charge in [0.15, 0.2) is 0 Å². The molecular formula is C42H24O2. The van der Waals surface area contributed by atoms with Crippen LogP contribution in [0.15, 0.2) is 146 Å². The van der Waals surface area contributed by atoms with Crippen LogP contribution in [0.2, 0.25) is 0 Å². The molecule has 0 amide bonds. The van der Waals surface area contributed by atoms with E-state index < -0.39 is 0 Å². The summed E-state index contributed by atoms with van der Waals surface area (Å²) < 4.78 is 12.8. The molecule has 44 heavy (non-hydrogen) atoms. The third kappa shape index (κ3) is 3.20. The van der Waals surface area contributed by atoms with E-state index in [1.807, 2.05) is 24.3 Å². The molecule has 0 aliphatic carbocycles. The molecule has 0 radical (unpaired) electrons. The molecule has 204 valence electrons. The summed E-state index contributed by atoms with van der Waals surface area (Å²) in [7, 11) is 0. The lowest BCUT2D eigenvalue weighted by Gasteiger charge is -2.23. The van der Waals surface area contributed by atoms with Gasteiger partial charge in [-0.3, -0.25) is 0 Å². The van der Waals surface area contributed by atoms with Crippen molar-refractivity contribution in [1.82, 2.24) is 0 Å². The highest BCUT2D eigenvalue weighted by Crippen LogP contribution is 2.51. The molecular weight excluding hydrogens is 536 g/mol. The molecule has 0 atom stereocenters. The molecule has 0 saturated carbocycles. The normalized spacial score (nSPS) is 12.5. The number of ether oxygens (including phenoxy) is 2. The summed E-state index contributed by atoms with van der Waals surface area (Å²) in [5, 5.41) is 7.19. The summed E-state index contributed by atoms with van der Waals surface area (Å²) in [5.74, 6) is 3.63. The number of para-hydroxylation sites is 2. The van der Waals surface area contributed by atoms with Gasteiger partial charge in [-0.15, -0.1) is 0 Å². The lowest BCUT2D eigenvalue weighted by Crippen LogP contribution is -1.98. The Kier molecular flexibility index (Phi) is 4.75. The van der Waals surface area contributed by atoms with Crippen LogP contribution in [0.1, 0.15) is 0 Å². The van der Waals surface area contributed by atoms with Crippen LogP contribution < -0.4 is 9.47 Å². The minimum Gasteiger partial charge on any atom is -0.456 e. The van der Waals surface area contributed by atoms with Gasteiger partial charge in [0.2, 0.25) is 0 Å². The van der Waals surface area contributed by atoms with Gasteiger partial charge in [-0.05, 0) is 79.2 Å². The minimum atomic E-state index is 0.907. The standard InChI is InChI=1S/C42H24O2/c1-3-17-37-31(9-1)35-23-21-29(33-15-7-19-39(43-37)41(33)35)27-13-5-12-26-25(27)11-6-14-28(26)30-22-24-36-32-10-2-4-18-38(32)44-40-20-8-16-34(30)42(36)40/h1-24H. The van der Waals surface area contributed by atoms with Crippen molar-refractivity contribution in [1.29, 1.82) is 0 Å². The van der Waals surface area contributed by atoms with Crippen molar-refractivity contribution in [2.24, 2.45) is 0 Å². The Bertz CT molecular complexity index is 2330. The molecule has 2 aliphatic rings. The van der Waals surface area contributed by atoms with Crippen molar-refractivity contribution in [3.63, 3.8) is 0 Å². The zero-order valence-electron chi connectivity index (χ0n) is 23.7. The fraction of sp³-hybridized carbons (Fsp3) is 0. The topological polar surface area (TPSA) is 18.5 Å². The number of hydrogen-bond acceptors (Lipinski definition) is 2. The molecule has 0 fully saturated rings. The van der Waals surface area contributed by atoms with Crippen molar-refractivity contribution in [3.8, 4) is 67.5 Å². The summed E-state index contributed by atoms with van der Waals surface area (Å²) in [6, 6.07) is 51.8. The Balaban J connectivity index is 1.20. The fourth-order valence-electron chi connectivity index (χ4n) is 7.41. The van der Waals surface area contributed by atoms with Gasteiger partial charge in [-0.1, -0.05) is 121 Å². The quantitative estimate of drug-likeness (QED) is 0.209. The first-order chi connectivity index (χ1) is 21.8. The maximum Gasteiger partial charge on any atom is 0.135 e. The van der Waals surface area contributed by atoms with E-state index in [-0.39, 0.29) is 0 Å². The average molecular weight is 561 g/mol. The smallest absolute Gasteiger partial charge is 0.135 e. The molecule has 0 unspecified atom stereocenters. The second-order valence-corrected chi connectivity index (χ2v) is 11.6. The summed E-state index contributed by atoms with van der Waals surface area (Å²) >= 11 is 0. The van der Waals surface area contributed by atoms with Crippen molar-refractivity contribution in [3.05, 3.63) is 146 Å². The molecule has 2 heterocycles. The van der Waals surface area contributed by atoms with Gasteiger partial charge < -0.3 is 9.47 Å². The number of rotatable bonds is 2. The fourth-order valence-corrected chi connectivity index (χ4v) is 7.41. The van der Waals surface area contributed by atoms with Gasteiger partial charge in [0, 0.05) is 21.9 Å². The van der Waals surface area contributed by atoms with E-state index in [2.05, 4.69) is 121 Å². The summed E-state index contributed by atoms with van der Waals surface area (Å²) in [5.41, 5.74) is 9.55. The molecule has 0 spiro atoms. The predicted molar refractivity (Wildman–Crippen MR) is 181 cm³/mol. The third-order valence-corrected chi connectivity index (χ3v) is 9.30. The Hall–Kier alpha value is -5.86. The maximum absolute atomic E-state index is 6.39. The van der Waals surface area contributed by atoms with Crippen LogP contribution in [0.5, 0.6) is 23.0 Å². The highest BCUT2D eigenvalue weighted by molar-refractivity contribution is 6.17. The molecule has 0 aromatic heterocycles. The highest BCUT2D eigenvalue weighted by atomic mass is 16.5. The third-order valence-electron chi connectivity index (χ3n) is 9.30. The van der Waals surface area contributed by atoms with Crippen LogP contribution >= 0.6 is 0 Å². The van der Waals surface area contributed by atoms with Crippen LogP contribution in [0, 0.1) is 0 Å². The van der Waals surface area contributed by atoms with E-state index in [1.165, 1.54) is 65.7 Å². The van der Waals surface area contributed by atoms with Crippen LogP contribution in [0.4, 0.5) is 0 Å². The van der Waals surface area contributed by atoms with Gasteiger partial charge in [0.05, 0.1) is 0 Å². The zero-order chi connectivity index (χ0) is 28.8. The first-order valence-electron chi connectivity index (χ1n) is 15.0. The summed E-state index contributed by atoms with van der Waals surface area (Å²) in [6.07, 6.45) is 0. The van der Waals surface area contributed by atoms with Crippen molar-refractivity contribution >= 4 is 32.3 Å². The Morgan fingerprint density at radius 1 is 0.227 bits per heavy atom. The second kappa shape index (κ2) is 8.82. The second-order valence-electron chi connectivity index (χ2n) is 11.6. The first-order valence-corrected chi connectivity index (χ1v) is 15.0. The van der Waals surface area contributed by atoms with Crippen LogP contribution in [-0.4, -0.2) is 0 Å². The zero-order valence-corrected chi connectivity index (χ0v) is 23.7. The van der Waals surface area contributed by atoms with Crippen LogP contribution in [-0.2, 0) is 0 Å². The van der Waals surface area contributed by atoms with Crippen molar-refractivity contribution < 1.29 is 9.47 Å². The van der Waals surface area contributed by atoms with Gasteiger partial charge in [0.25, 0.3) is 0 Å². The molecule has 0 saturated heterocycles. The van der Waals surface area contributed by atoms with E-state index in [1.54, 1.807) is 0 Å². The molecule has 0 N–H and O–H groups in total. The Morgan fingerprint density at radius 2 is 0.568 bits per heavy atom. The summed E-state index contributed by atoms with van der Waals surface area (Å²) in [6.45, 7) is 0. The van der Waals surface area contributed by atoms with E-state index >= 15 is 0 Å². The molecule has 8 aromatic rings. The van der Waals surface area contributed by atoms with Crippen molar-refractivity contribution in [2.75, 3.05) is 0 Å². The Morgan fingerprint density at radius 3 is 1.07 bits per heavy atom. The van der Waals surface area contributed by atoms with Gasteiger partial charge in [-0.2, -0.15) is 0 Å². The number of hydrogen-bond donors (Lipinski definition) is 0. The van der Waals surface area contributed by atoms with E-state index in [0.717, 1.165) is 34.1 Å². The highest BCUT2D eigenvalue weighted by Gasteiger charge is 2.24. The summed E-state index contributed by atoms with van der Waals surface area (Å²) in [4.78, 5) is 0.